The van der Waals surface area contributed by atoms with Gasteiger partial charge in [-0.15, -0.1) is 5.10 Å². The summed E-state index contributed by atoms with van der Waals surface area (Å²) in [4.78, 5) is 0. The first-order valence-electron chi connectivity index (χ1n) is 6.42. The van der Waals surface area contributed by atoms with Crippen LogP contribution in [0.2, 0.25) is 0 Å². The third kappa shape index (κ3) is 1.81. The van der Waals surface area contributed by atoms with E-state index in [-0.39, 0.29) is 6.01 Å². The number of rotatable bonds is 1. The van der Waals surface area contributed by atoms with Crippen LogP contribution < -0.4 is 5.73 Å². The van der Waals surface area contributed by atoms with E-state index in [2.05, 4.69) is 10.2 Å². The first-order valence-corrected chi connectivity index (χ1v) is 6.42. The molecule has 1 aromatic heterocycles. The van der Waals surface area contributed by atoms with Crippen LogP contribution in [0.25, 0.3) is 0 Å². The number of hydrogen-bond acceptors (Lipinski definition) is 4. The van der Waals surface area contributed by atoms with Crippen LogP contribution >= 0.6 is 0 Å². The number of nitrogens with zero attached hydrogens (tertiary/aromatic N) is 2. The van der Waals surface area contributed by atoms with Crippen LogP contribution in [0.5, 0.6) is 0 Å². The zero-order chi connectivity index (χ0) is 11.0. The summed E-state index contributed by atoms with van der Waals surface area (Å²) in [7, 11) is 0. The fraction of sp³-hybridized carbons (Fsp3) is 0.833. The maximum absolute atomic E-state index is 5.48. The van der Waals surface area contributed by atoms with Crippen molar-refractivity contribution in [2.45, 2.75) is 50.9 Å². The van der Waals surface area contributed by atoms with Gasteiger partial charge in [0.05, 0.1) is 0 Å². The Kier molecular flexibility index (Phi) is 2.58. The molecule has 2 aliphatic rings. The molecule has 0 radical (unpaired) electrons. The molecule has 0 saturated heterocycles. The zero-order valence-electron chi connectivity index (χ0n) is 9.56. The molecule has 0 aromatic carbocycles. The van der Waals surface area contributed by atoms with Crippen LogP contribution in [0.1, 0.15) is 56.8 Å². The van der Waals surface area contributed by atoms with Gasteiger partial charge in [-0.25, -0.2) is 0 Å². The Labute approximate surface area is 95.6 Å². The number of aromatic nitrogens is 2. The molecule has 4 nitrogen and oxygen atoms in total. The number of hydrogen-bond donors (Lipinski definition) is 1. The molecule has 3 rings (SSSR count). The normalized spacial score (nSPS) is 34.6. The first-order chi connectivity index (χ1) is 7.83. The van der Waals surface area contributed by atoms with Crippen molar-refractivity contribution in [3.8, 4) is 0 Å². The average Bonchev–Trinajstić information content (AvgIpc) is 2.75. The van der Waals surface area contributed by atoms with E-state index < -0.39 is 0 Å². The van der Waals surface area contributed by atoms with Gasteiger partial charge in [0.15, 0.2) is 0 Å². The summed E-state index contributed by atoms with van der Waals surface area (Å²) in [5.41, 5.74) is 5.48. The minimum absolute atomic E-state index is 0.209. The minimum atomic E-state index is 0.209. The molecule has 1 heterocycles. The van der Waals surface area contributed by atoms with E-state index in [4.69, 9.17) is 10.2 Å². The number of anilines is 1. The maximum atomic E-state index is 5.48. The Morgan fingerprint density at radius 2 is 1.81 bits per heavy atom. The minimum Gasteiger partial charge on any atom is -0.408 e. The van der Waals surface area contributed by atoms with Crippen molar-refractivity contribution in [1.29, 1.82) is 0 Å². The van der Waals surface area contributed by atoms with Crippen molar-refractivity contribution >= 4 is 6.01 Å². The second-order valence-electron chi connectivity index (χ2n) is 5.29. The van der Waals surface area contributed by atoms with Crippen LogP contribution in [0.3, 0.4) is 0 Å². The highest BCUT2D eigenvalue weighted by Gasteiger charge is 2.34. The standard InChI is InChI=1S/C12H19N3O/c13-12-15-14-11(16-12)10-6-5-8-3-1-2-4-9(8)7-10/h8-10H,1-7H2,(H2,13,15). The summed E-state index contributed by atoms with van der Waals surface area (Å²) in [5, 5.41) is 7.79. The predicted molar refractivity (Wildman–Crippen MR) is 60.8 cm³/mol. The summed E-state index contributed by atoms with van der Waals surface area (Å²) in [6.45, 7) is 0. The average molecular weight is 221 g/mol. The molecule has 0 aliphatic heterocycles. The van der Waals surface area contributed by atoms with E-state index in [0.717, 1.165) is 17.7 Å². The smallest absolute Gasteiger partial charge is 0.312 e. The molecule has 16 heavy (non-hydrogen) atoms. The number of nitrogen functional groups attached to an aromatic ring is 1. The summed E-state index contributed by atoms with van der Waals surface area (Å²) >= 11 is 0. The second kappa shape index (κ2) is 4.07. The van der Waals surface area contributed by atoms with Gasteiger partial charge in [-0.1, -0.05) is 30.8 Å². The van der Waals surface area contributed by atoms with Gasteiger partial charge in [0.25, 0.3) is 0 Å². The van der Waals surface area contributed by atoms with Crippen molar-refractivity contribution < 1.29 is 4.42 Å². The lowest BCUT2D eigenvalue weighted by Crippen LogP contribution is -2.26. The number of nitrogens with two attached hydrogens (primary N) is 1. The molecule has 1 aromatic rings. The molecule has 88 valence electrons. The molecular formula is C12H19N3O. The molecule has 2 saturated carbocycles. The van der Waals surface area contributed by atoms with E-state index in [9.17, 15) is 0 Å². The van der Waals surface area contributed by atoms with Gasteiger partial charge in [0, 0.05) is 5.92 Å². The van der Waals surface area contributed by atoms with Crippen LogP contribution in [-0.2, 0) is 0 Å². The summed E-state index contributed by atoms with van der Waals surface area (Å²) in [6.07, 6.45) is 9.42. The molecule has 2 N–H and O–H groups in total. The Hall–Kier alpha value is -1.06. The van der Waals surface area contributed by atoms with E-state index in [0.29, 0.717) is 5.92 Å². The van der Waals surface area contributed by atoms with E-state index >= 15 is 0 Å². The van der Waals surface area contributed by atoms with Gasteiger partial charge in [-0.2, -0.15) is 0 Å². The Balaban J connectivity index is 1.70. The highest BCUT2D eigenvalue weighted by Crippen LogP contribution is 2.45. The first kappa shape index (κ1) is 10.1. The quantitative estimate of drug-likeness (QED) is 0.791. The third-order valence-corrected chi connectivity index (χ3v) is 4.35. The van der Waals surface area contributed by atoms with Crippen molar-refractivity contribution in [3.05, 3.63) is 5.89 Å². The van der Waals surface area contributed by atoms with Crippen molar-refractivity contribution in [2.75, 3.05) is 5.73 Å². The predicted octanol–water partition coefficient (Wildman–Crippen LogP) is 2.73. The lowest BCUT2D eigenvalue weighted by atomic mass is 9.67. The summed E-state index contributed by atoms with van der Waals surface area (Å²) < 4.78 is 5.36. The largest absolute Gasteiger partial charge is 0.408 e. The maximum Gasteiger partial charge on any atom is 0.312 e. The van der Waals surface area contributed by atoms with Gasteiger partial charge in [0.1, 0.15) is 0 Å². The van der Waals surface area contributed by atoms with Gasteiger partial charge < -0.3 is 10.2 Å². The molecule has 2 aliphatic carbocycles. The second-order valence-corrected chi connectivity index (χ2v) is 5.29. The Morgan fingerprint density at radius 3 is 2.56 bits per heavy atom. The van der Waals surface area contributed by atoms with E-state index in [1.54, 1.807) is 0 Å². The molecule has 4 heteroatoms. The van der Waals surface area contributed by atoms with Gasteiger partial charge in [0.2, 0.25) is 5.89 Å². The van der Waals surface area contributed by atoms with E-state index in [1.165, 1.54) is 44.9 Å². The fourth-order valence-corrected chi connectivity index (χ4v) is 3.51. The van der Waals surface area contributed by atoms with Crippen LogP contribution in [0, 0.1) is 11.8 Å². The third-order valence-electron chi connectivity index (χ3n) is 4.35. The van der Waals surface area contributed by atoms with Crippen molar-refractivity contribution in [2.24, 2.45) is 11.8 Å². The van der Waals surface area contributed by atoms with Crippen molar-refractivity contribution in [1.82, 2.24) is 10.2 Å². The zero-order valence-corrected chi connectivity index (χ0v) is 9.56. The lowest BCUT2D eigenvalue weighted by Gasteiger charge is -2.38. The van der Waals surface area contributed by atoms with Gasteiger partial charge >= 0.3 is 6.01 Å². The molecule has 3 unspecified atom stereocenters. The topological polar surface area (TPSA) is 64.9 Å². The molecular weight excluding hydrogens is 202 g/mol. The monoisotopic (exact) mass is 221 g/mol. The summed E-state index contributed by atoms with van der Waals surface area (Å²) in [5.74, 6) is 3.08. The highest BCUT2D eigenvalue weighted by molar-refractivity contribution is 5.08. The van der Waals surface area contributed by atoms with Crippen LogP contribution in [0.4, 0.5) is 6.01 Å². The number of fused-ring (bicyclic) bond motifs is 1. The molecule has 0 amide bonds. The molecule has 0 bridgehead atoms. The molecule has 2 fully saturated rings. The summed E-state index contributed by atoms with van der Waals surface area (Å²) in [6, 6.07) is 0.209. The lowest BCUT2D eigenvalue weighted by molar-refractivity contribution is 0.146. The highest BCUT2D eigenvalue weighted by atomic mass is 16.4. The molecule has 3 atom stereocenters. The van der Waals surface area contributed by atoms with Crippen molar-refractivity contribution in [3.63, 3.8) is 0 Å². The van der Waals surface area contributed by atoms with Crippen LogP contribution in [0.15, 0.2) is 4.42 Å². The van der Waals surface area contributed by atoms with Gasteiger partial charge in [-0.3, -0.25) is 0 Å². The molecule has 0 spiro atoms. The van der Waals surface area contributed by atoms with E-state index in [1.807, 2.05) is 0 Å². The van der Waals surface area contributed by atoms with Gasteiger partial charge in [-0.05, 0) is 31.1 Å². The fourth-order valence-electron chi connectivity index (χ4n) is 3.51. The Morgan fingerprint density at radius 1 is 1.00 bits per heavy atom. The van der Waals surface area contributed by atoms with Crippen LogP contribution in [-0.4, -0.2) is 10.2 Å². The Bertz CT molecular complexity index is 363. The SMILES string of the molecule is Nc1nnc(C2CCC3CCCCC3C2)o1.